The van der Waals surface area contributed by atoms with Crippen LogP contribution in [0.2, 0.25) is 5.15 Å². The third kappa shape index (κ3) is 3.59. The van der Waals surface area contributed by atoms with Crippen molar-refractivity contribution in [1.29, 1.82) is 0 Å². The van der Waals surface area contributed by atoms with Gasteiger partial charge in [-0.2, -0.15) is 0 Å². The topological polar surface area (TPSA) is 80.8 Å². The highest BCUT2D eigenvalue weighted by atomic mass is 35.5. The first kappa shape index (κ1) is 17.8. The summed E-state index contributed by atoms with van der Waals surface area (Å²) in [6, 6.07) is 14.8. The maximum Gasteiger partial charge on any atom is 0.213 e. The Labute approximate surface area is 171 Å². The Morgan fingerprint density at radius 1 is 1.00 bits per heavy atom. The zero-order chi connectivity index (χ0) is 20.0. The highest BCUT2D eigenvalue weighted by Crippen LogP contribution is 2.32. The molecule has 1 N–H and O–H groups in total. The minimum Gasteiger partial charge on any atom is -0.476 e. The number of pyridine rings is 2. The second kappa shape index (κ2) is 6.97. The van der Waals surface area contributed by atoms with Crippen LogP contribution in [0.15, 0.2) is 53.3 Å². The lowest BCUT2D eigenvalue weighted by Crippen LogP contribution is -2.10. The maximum atomic E-state index is 12.7. The predicted octanol–water partition coefficient (Wildman–Crippen LogP) is 4.55. The van der Waals surface area contributed by atoms with Gasteiger partial charge in [-0.1, -0.05) is 41.9 Å². The molecule has 0 radical (unpaired) electrons. The standard InChI is InChI=1S/C22H17ClN4O2/c1-12-9-14(10-17(23)24-12)20-19(13-5-3-2-4-6-13)27-22-21(26-20)16(28)11-18(25-22)29-15-7-8-15/h2-6,9-11,15H,7-8H2,1H3,(H,25,27,28). The minimum atomic E-state index is -0.236. The van der Waals surface area contributed by atoms with Crippen molar-refractivity contribution < 1.29 is 4.74 Å². The Balaban J connectivity index is 1.77. The first-order valence-corrected chi connectivity index (χ1v) is 9.76. The number of H-pyrrole nitrogens is 1. The smallest absolute Gasteiger partial charge is 0.213 e. The number of halogens is 1. The van der Waals surface area contributed by atoms with Gasteiger partial charge in [-0.15, -0.1) is 0 Å². The number of hydrogen-bond acceptors (Lipinski definition) is 5. The molecule has 0 saturated heterocycles. The Hall–Kier alpha value is -3.25. The quantitative estimate of drug-likeness (QED) is 0.504. The molecule has 7 heteroatoms. The molecule has 144 valence electrons. The molecule has 0 aliphatic heterocycles. The van der Waals surface area contributed by atoms with E-state index in [-0.39, 0.29) is 17.0 Å². The molecule has 4 aromatic rings. The summed E-state index contributed by atoms with van der Waals surface area (Å²) in [7, 11) is 0. The second-order valence-corrected chi connectivity index (χ2v) is 7.51. The van der Waals surface area contributed by atoms with E-state index >= 15 is 0 Å². The van der Waals surface area contributed by atoms with Crippen LogP contribution in [0.25, 0.3) is 33.7 Å². The first-order valence-electron chi connectivity index (χ1n) is 9.38. The molecule has 1 aliphatic rings. The normalized spacial score (nSPS) is 13.6. The number of aromatic amines is 1. The van der Waals surface area contributed by atoms with Crippen molar-refractivity contribution in [3.05, 3.63) is 69.6 Å². The Kier molecular flexibility index (Phi) is 4.28. The van der Waals surface area contributed by atoms with Gasteiger partial charge in [0.25, 0.3) is 0 Å². The van der Waals surface area contributed by atoms with Crippen LogP contribution in [-0.4, -0.2) is 26.0 Å². The fourth-order valence-electron chi connectivity index (χ4n) is 3.23. The summed E-state index contributed by atoms with van der Waals surface area (Å²) in [5, 5.41) is 0.364. The molecule has 0 atom stereocenters. The number of aromatic nitrogens is 4. The van der Waals surface area contributed by atoms with Gasteiger partial charge in [-0.05, 0) is 31.9 Å². The molecule has 0 amide bonds. The lowest BCUT2D eigenvalue weighted by molar-refractivity contribution is 0.292. The summed E-state index contributed by atoms with van der Waals surface area (Å²) in [6.07, 6.45) is 2.18. The van der Waals surface area contributed by atoms with E-state index in [1.165, 1.54) is 6.07 Å². The SMILES string of the molecule is Cc1cc(-c2nc3c(=O)cc(OC4CC4)[nH]c3nc2-c2ccccc2)cc(Cl)n1. The third-order valence-electron chi connectivity index (χ3n) is 4.69. The molecule has 0 spiro atoms. The van der Waals surface area contributed by atoms with Gasteiger partial charge >= 0.3 is 0 Å². The third-order valence-corrected chi connectivity index (χ3v) is 4.89. The lowest BCUT2D eigenvalue weighted by Gasteiger charge is -2.12. The zero-order valence-electron chi connectivity index (χ0n) is 15.6. The molecule has 1 fully saturated rings. The van der Waals surface area contributed by atoms with Crippen LogP contribution in [0.1, 0.15) is 18.5 Å². The number of hydrogen-bond donors (Lipinski definition) is 1. The molecule has 1 saturated carbocycles. The van der Waals surface area contributed by atoms with Crippen LogP contribution < -0.4 is 10.2 Å². The van der Waals surface area contributed by atoms with E-state index in [2.05, 4.69) is 9.97 Å². The van der Waals surface area contributed by atoms with E-state index in [0.717, 1.165) is 29.7 Å². The van der Waals surface area contributed by atoms with Gasteiger partial charge in [0.1, 0.15) is 11.3 Å². The summed E-state index contributed by atoms with van der Waals surface area (Å²) in [4.78, 5) is 29.5. The number of rotatable bonds is 4. The van der Waals surface area contributed by atoms with Crippen molar-refractivity contribution in [2.45, 2.75) is 25.9 Å². The van der Waals surface area contributed by atoms with Gasteiger partial charge in [0.15, 0.2) is 17.0 Å². The molecule has 5 rings (SSSR count). The van der Waals surface area contributed by atoms with Crippen LogP contribution in [0.5, 0.6) is 5.88 Å². The molecule has 1 aliphatic carbocycles. The van der Waals surface area contributed by atoms with Crippen molar-refractivity contribution in [3.63, 3.8) is 0 Å². The summed E-state index contributed by atoms with van der Waals surface area (Å²) >= 11 is 6.18. The van der Waals surface area contributed by atoms with E-state index in [9.17, 15) is 4.79 Å². The van der Waals surface area contributed by atoms with E-state index < -0.39 is 0 Å². The lowest BCUT2D eigenvalue weighted by atomic mass is 10.0. The molecule has 1 aromatic carbocycles. The number of aryl methyl sites for hydroxylation is 1. The van der Waals surface area contributed by atoms with Crippen molar-refractivity contribution in [1.82, 2.24) is 19.9 Å². The molecular weight excluding hydrogens is 388 g/mol. The Morgan fingerprint density at radius 2 is 1.76 bits per heavy atom. The fourth-order valence-corrected chi connectivity index (χ4v) is 3.48. The zero-order valence-corrected chi connectivity index (χ0v) is 16.4. The average Bonchev–Trinajstić information content (AvgIpc) is 3.51. The molecule has 3 heterocycles. The number of benzene rings is 1. The van der Waals surface area contributed by atoms with Crippen LogP contribution in [0.3, 0.4) is 0 Å². The average molecular weight is 405 g/mol. The number of nitrogens with one attached hydrogen (secondary N) is 1. The van der Waals surface area contributed by atoms with Crippen molar-refractivity contribution in [2.24, 2.45) is 0 Å². The highest BCUT2D eigenvalue weighted by Gasteiger charge is 2.24. The molecule has 0 unspecified atom stereocenters. The van der Waals surface area contributed by atoms with Gasteiger partial charge in [0.2, 0.25) is 5.43 Å². The van der Waals surface area contributed by atoms with Crippen LogP contribution >= 0.6 is 11.6 Å². The fraction of sp³-hybridized carbons (Fsp3) is 0.182. The van der Waals surface area contributed by atoms with E-state index in [4.69, 9.17) is 26.3 Å². The molecule has 29 heavy (non-hydrogen) atoms. The molecular formula is C22H17ClN4O2. The molecule has 3 aromatic heterocycles. The van der Waals surface area contributed by atoms with E-state index in [1.54, 1.807) is 6.07 Å². The van der Waals surface area contributed by atoms with E-state index in [0.29, 0.717) is 28.1 Å². The number of ether oxygens (including phenoxy) is 1. The van der Waals surface area contributed by atoms with Gasteiger partial charge in [0, 0.05) is 22.9 Å². The van der Waals surface area contributed by atoms with Gasteiger partial charge in [-0.3, -0.25) is 4.79 Å². The minimum absolute atomic E-state index is 0.172. The van der Waals surface area contributed by atoms with Gasteiger partial charge in [-0.25, -0.2) is 15.0 Å². The van der Waals surface area contributed by atoms with Crippen LogP contribution in [-0.2, 0) is 0 Å². The van der Waals surface area contributed by atoms with Crippen molar-refractivity contribution in [2.75, 3.05) is 0 Å². The van der Waals surface area contributed by atoms with E-state index in [1.807, 2.05) is 43.3 Å². The van der Waals surface area contributed by atoms with Gasteiger partial charge in [0.05, 0.1) is 11.4 Å². The van der Waals surface area contributed by atoms with Crippen LogP contribution in [0.4, 0.5) is 0 Å². The summed E-state index contributed by atoms with van der Waals surface area (Å²) < 4.78 is 5.76. The largest absolute Gasteiger partial charge is 0.476 e. The summed E-state index contributed by atoms with van der Waals surface area (Å²) in [5.41, 5.74) is 4.05. The maximum absolute atomic E-state index is 12.7. The molecule has 6 nitrogen and oxygen atoms in total. The highest BCUT2D eigenvalue weighted by molar-refractivity contribution is 6.29. The monoisotopic (exact) mass is 404 g/mol. The second-order valence-electron chi connectivity index (χ2n) is 7.12. The molecule has 0 bridgehead atoms. The van der Waals surface area contributed by atoms with Crippen molar-refractivity contribution in [3.8, 4) is 28.4 Å². The van der Waals surface area contributed by atoms with Crippen LogP contribution in [0, 0.1) is 6.92 Å². The number of nitrogens with zero attached hydrogens (tertiary/aromatic N) is 3. The Bertz CT molecular complexity index is 1260. The van der Waals surface area contributed by atoms with Crippen molar-refractivity contribution >= 4 is 22.8 Å². The summed E-state index contributed by atoms with van der Waals surface area (Å²) in [5.74, 6) is 0.425. The first-order chi connectivity index (χ1) is 14.1. The Morgan fingerprint density at radius 3 is 2.48 bits per heavy atom. The number of fused-ring (bicyclic) bond motifs is 1. The summed E-state index contributed by atoms with van der Waals surface area (Å²) in [6.45, 7) is 1.86. The van der Waals surface area contributed by atoms with Gasteiger partial charge < -0.3 is 9.72 Å². The predicted molar refractivity (Wildman–Crippen MR) is 112 cm³/mol.